The molecule has 0 aromatic rings. The van der Waals surface area contributed by atoms with E-state index in [9.17, 15) is 0 Å². The molecule has 2 rings (SSSR count). The van der Waals surface area contributed by atoms with E-state index in [1.165, 1.54) is 32.1 Å². The molecule has 0 aliphatic heterocycles. The van der Waals surface area contributed by atoms with Gasteiger partial charge in [0.05, 0.1) is 0 Å². The Morgan fingerprint density at radius 1 is 0.929 bits per heavy atom. The largest absolute Gasteiger partial charge is 0.0654 e. The van der Waals surface area contributed by atoms with Crippen LogP contribution in [0.2, 0.25) is 0 Å². The van der Waals surface area contributed by atoms with Crippen molar-refractivity contribution in [2.45, 2.75) is 59.3 Å². The Kier molecular flexibility index (Phi) is 3.19. The van der Waals surface area contributed by atoms with E-state index in [1.807, 2.05) is 0 Å². The van der Waals surface area contributed by atoms with Crippen LogP contribution in [0.15, 0.2) is 0 Å². The molecular weight excluding hydrogens is 168 g/mol. The molecule has 0 radical (unpaired) electrons. The first-order chi connectivity index (χ1) is 6.75. The lowest BCUT2D eigenvalue weighted by Gasteiger charge is -2.30. The minimum Gasteiger partial charge on any atom is -0.0654 e. The first-order valence-corrected chi connectivity index (χ1v) is 6.75. The quantitative estimate of drug-likeness (QED) is 0.607. The van der Waals surface area contributed by atoms with Crippen LogP contribution in [0.4, 0.5) is 0 Å². The van der Waals surface area contributed by atoms with Crippen molar-refractivity contribution in [3.8, 4) is 0 Å². The number of fused-ring (bicyclic) bond motifs is 1. The minimum atomic E-state index is 1.00. The number of hydrogen-bond acceptors (Lipinski definition) is 0. The van der Waals surface area contributed by atoms with Gasteiger partial charge in [-0.05, 0) is 42.4 Å². The molecule has 0 nitrogen and oxygen atoms in total. The zero-order chi connectivity index (χ0) is 10.1. The zero-order valence-electron chi connectivity index (χ0n) is 10.1. The summed E-state index contributed by atoms with van der Waals surface area (Å²) in [6.07, 6.45) is 9.00. The molecule has 5 atom stereocenters. The molecule has 0 bridgehead atoms. The molecule has 0 N–H and O–H groups in total. The van der Waals surface area contributed by atoms with Crippen LogP contribution in [0.5, 0.6) is 0 Å². The molecule has 2 fully saturated rings. The Labute approximate surface area is 89.5 Å². The summed E-state index contributed by atoms with van der Waals surface area (Å²) >= 11 is 0. The molecule has 0 amide bonds. The summed E-state index contributed by atoms with van der Waals surface area (Å²) in [6.45, 7) is 7.39. The van der Waals surface area contributed by atoms with E-state index in [-0.39, 0.29) is 0 Å². The number of rotatable bonds is 2. The fourth-order valence-corrected chi connectivity index (χ4v) is 4.35. The van der Waals surface area contributed by atoms with Crippen LogP contribution in [0, 0.1) is 29.6 Å². The Balaban J connectivity index is 2.09. The van der Waals surface area contributed by atoms with Crippen LogP contribution in [0.3, 0.4) is 0 Å². The third-order valence-electron chi connectivity index (χ3n) is 5.23. The molecule has 2 aliphatic carbocycles. The molecule has 0 spiro atoms. The highest BCUT2D eigenvalue weighted by atomic mass is 14.5. The fraction of sp³-hybridized carbons (Fsp3) is 1.00. The Morgan fingerprint density at radius 3 is 2.21 bits per heavy atom. The normalized spacial score (nSPS) is 47.8. The molecule has 2 saturated carbocycles. The topological polar surface area (TPSA) is 0 Å². The Bertz CT molecular complexity index is 182. The van der Waals surface area contributed by atoms with Gasteiger partial charge in [-0.25, -0.2) is 0 Å². The average molecular weight is 194 g/mol. The molecule has 0 aromatic heterocycles. The molecular formula is C14H26. The monoisotopic (exact) mass is 194 g/mol. The highest BCUT2D eigenvalue weighted by Gasteiger charge is 2.45. The fourth-order valence-electron chi connectivity index (χ4n) is 4.35. The van der Waals surface area contributed by atoms with Gasteiger partial charge in [0.25, 0.3) is 0 Å². The standard InChI is InChI=1S/C14H26/c1-4-7-12-10(2)11(3)13-8-5-6-9-14(12)13/h10-14H,4-9H2,1-3H3. The Morgan fingerprint density at radius 2 is 1.57 bits per heavy atom. The molecule has 0 heterocycles. The van der Waals surface area contributed by atoms with Gasteiger partial charge in [0.1, 0.15) is 0 Å². The lowest BCUT2D eigenvalue weighted by atomic mass is 9.75. The summed E-state index contributed by atoms with van der Waals surface area (Å²) in [6, 6.07) is 0. The summed E-state index contributed by atoms with van der Waals surface area (Å²) in [5, 5.41) is 0. The van der Waals surface area contributed by atoms with Crippen LogP contribution < -0.4 is 0 Å². The average Bonchev–Trinajstić information content (AvgIpc) is 2.45. The summed E-state index contributed by atoms with van der Waals surface area (Å²) in [5.41, 5.74) is 0. The maximum Gasteiger partial charge on any atom is -0.0352 e. The summed E-state index contributed by atoms with van der Waals surface area (Å²) in [5.74, 6) is 5.28. The van der Waals surface area contributed by atoms with Gasteiger partial charge < -0.3 is 0 Å². The van der Waals surface area contributed by atoms with Crippen molar-refractivity contribution in [3.63, 3.8) is 0 Å². The maximum atomic E-state index is 2.52. The third kappa shape index (κ3) is 1.61. The summed E-state index contributed by atoms with van der Waals surface area (Å²) in [7, 11) is 0. The van der Waals surface area contributed by atoms with Crippen LogP contribution in [0.25, 0.3) is 0 Å². The lowest BCUT2D eigenvalue weighted by Crippen LogP contribution is -2.21. The summed E-state index contributed by atoms with van der Waals surface area (Å²) in [4.78, 5) is 0. The molecule has 0 aromatic carbocycles. The van der Waals surface area contributed by atoms with Gasteiger partial charge in [-0.3, -0.25) is 0 Å². The second-order valence-electron chi connectivity index (χ2n) is 5.78. The van der Waals surface area contributed by atoms with E-state index in [0.717, 1.165) is 29.6 Å². The first-order valence-electron chi connectivity index (χ1n) is 6.75. The predicted octanol–water partition coefficient (Wildman–Crippen LogP) is 4.49. The lowest BCUT2D eigenvalue weighted by molar-refractivity contribution is 0.201. The highest BCUT2D eigenvalue weighted by molar-refractivity contribution is 4.94. The third-order valence-corrected chi connectivity index (χ3v) is 5.23. The summed E-state index contributed by atoms with van der Waals surface area (Å²) < 4.78 is 0. The first kappa shape index (κ1) is 10.5. The molecule has 0 heteroatoms. The van der Waals surface area contributed by atoms with Crippen molar-refractivity contribution in [3.05, 3.63) is 0 Å². The van der Waals surface area contributed by atoms with Crippen molar-refractivity contribution in [2.75, 3.05) is 0 Å². The van der Waals surface area contributed by atoms with Crippen LogP contribution in [-0.2, 0) is 0 Å². The zero-order valence-corrected chi connectivity index (χ0v) is 10.1. The van der Waals surface area contributed by atoms with E-state index >= 15 is 0 Å². The Hall–Kier alpha value is 0. The molecule has 2 aliphatic rings. The SMILES string of the molecule is CCCC1C(C)C(C)C2CCCCC12. The molecule has 0 saturated heterocycles. The second-order valence-corrected chi connectivity index (χ2v) is 5.78. The van der Waals surface area contributed by atoms with Crippen LogP contribution in [0.1, 0.15) is 59.3 Å². The predicted molar refractivity (Wildman–Crippen MR) is 62.2 cm³/mol. The van der Waals surface area contributed by atoms with Gasteiger partial charge in [0, 0.05) is 0 Å². The molecule has 82 valence electrons. The van der Waals surface area contributed by atoms with Crippen LogP contribution >= 0.6 is 0 Å². The van der Waals surface area contributed by atoms with Gasteiger partial charge in [-0.1, -0.05) is 46.5 Å². The van der Waals surface area contributed by atoms with Gasteiger partial charge in [-0.2, -0.15) is 0 Å². The smallest absolute Gasteiger partial charge is 0.0352 e. The number of hydrogen-bond donors (Lipinski definition) is 0. The van der Waals surface area contributed by atoms with E-state index in [0.29, 0.717) is 0 Å². The second kappa shape index (κ2) is 4.24. The minimum absolute atomic E-state index is 1.00. The molecule has 14 heavy (non-hydrogen) atoms. The van der Waals surface area contributed by atoms with Gasteiger partial charge >= 0.3 is 0 Å². The van der Waals surface area contributed by atoms with Crippen molar-refractivity contribution in [1.29, 1.82) is 0 Å². The van der Waals surface area contributed by atoms with Gasteiger partial charge in [0.2, 0.25) is 0 Å². The maximum absolute atomic E-state index is 2.52. The van der Waals surface area contributed by atoms with E-state index in [2.05, 4.69) is 20.8 Å². The highest BCUT2D eigenvalue weighted by Crippen LogP contribution is 2.53. The van der Waals surface area contributed by atoms with Gasteiger partial charge in [0.15, 0.2) is 0 Å². The van der Waals surface area contributed by atoms with E-state index < -0.39 is 0 Å². The van der Waals surface area contributed by atoms with Crippen molar-refractivity contribution in [1.82, 2.24) is 0 Å². The van der Waals surface area contributed by atoms with E-state index in [4.69, 9.17) is 0 Å². The van der Waals surface area contributed by atoms with Crippen LogP contribution in [-0.4, -0.2) is 0 Å². The van der Waals surface area contributed by atoms with Gasteiger partial charge in [-0.15, -0.1) is 0 Å². The van der Waals surface area contributed by atoms with E-state index in [1.54, 1.807) is 6.42 Å². The van der Waals surface area contributed by atoms with Crippen molar-refractivity contribution < 1.29 is 0 Å². The van der Waals surface area contributed by atoms with Crippen molar-refractivity contribution >= 4 is 0 Å². The molecule has 5 unspecified atom stereocenters. The van der Waals surface area contributed by atoms with Crippen molar-refractivity contribution in [2.24, 2.45) is 29.6 Å².